The minimum absolute atomic E-state index is 0.0287. The monoisotopic (exact) mass is 232 g/mol. The molecule has 0 aliphatic carbocycles. The van der Waals surface area contributed by atoms with E-state index in [2.05, 4.69) is 5.32 Å². The molecule has 0 bridgehead atoms. The summed E-state index contributed by atoms with van der Waals surface area (Å²) in [4.78, 5) is 31.9. The van der Waals surface area contributed by atoms with E-state index in [1.807, 2.05) is 0 Å². The first-order valence-electron chi connectivity index (χ1n) is 4.82. The number of aliphatic carboxylic acids is 2. The molecule has 2 atom stereocenters. The van der Waals surface area contributed by atoms with E-state index in [4.69, 9.17) is 15.9 Å². The van der Waals surface area contributed by atoms with Gasteiger partial charge in [0.05, 0.1) is 12.5 Å². The molecule has 0 saturated carbocycles. The lowest BCUT2D eigenvalue weighted by molar-refractivity contribution is -0.138. The molecule has 0 radical (unpaired) electrons. The van der Waals surface area contributed by atoms with Gasteiger partial charge in [-0.3, -0.25) is 14.4 Å². The van der Waals surface area contributed by atoms with Crippen LogP contribution < -0.4 is 11.1 Å². The molecular weight excluding hydrogens is 216 g/mol. The highest BCUT2D eigenvalue weighted by molar-refractivity contribution is 5.82. The molecule has 0 fully saturated rings. The Balaban J connectivity index is 3.95. The van der Waals surface area contributed by atoms with Crippen molar-refractivity contribution >= 4 is 17.8 Å². The van der Waals surface area contributed by atoms with Gasteiger partial charge >= 0.3 is 11.9 Å². The molecule has 0 aliphatic rings. The largest absolute Gasteiger partial charge is 0.481 e. The second-order valence-electron chi connectivity index (χ2n) is 3.55. The lowest BCUT2D eigenvalue weighted by atomic mass is 10.1. The van der Waals surface area contributed by atoms with E-state index in [0.717, 1.165) is 0 Å². The summed E-state index contributed by atoms with van der Waals surface area (Å²) >= 11 is 0. The van der Waals surface area contributed by atoms with Gasteiger partial charge in [-0.05, 0) is 13.3 Å². The Hall–Kier alpha value is -1.63. The molecule has 16 heavy (non-hydrogen) atoms. The molecule has 0 heterocycles. The highest BCUT2D eigenvalue weighted by atomic mass is 16.4. The van der Waals surface area contributed by atoms with Crippen molar-refractivity contribution in [3.05, 3.63) is 0 Å². The van der Waals surface area contributed by atoms with Crippen molar-refractivity contribution in [2.75, 3.05) is 0 Å². The Morgan fingerprint density at radius 2 is 1.81 bits per heavy atom. The molecule has 92 valence electrons. The van der Waals surface area contributed by atoms with Crippen LogP contribution in [0.3, 0.4) is 0 Å². The second-order valence-corrected chi connectivity index (χ2v) is 3.55. The molecule has 0 spiro atoms. The van der Waals surface area contributed by atoms with Gasteiger partial charge in [0.2, 0.25) is 5.91 Å². The van der Waals surface area contributed by atoms with Crippen LogP contribution in [0.25, 0.3) is 0 Å². The predicted molar refractivity (Wildman–Crippen MR) is 54.7 cm³/mol. The number of hydrogen-bond donors (Lipinski definition) is 4. The third-order valence-electron chi connectivity index (χ3n) is 1.88. The first-order valence-corrected chi connectivity index (χ1v) is 4.82. The number of amides is 1. The number of carbonyl (C=O) groups is 3. The van der Waals surface area contributed by atoms with Crippen LogP contribution in [0, 0.1) is 0 Å². The normalized spacial score (nSPS) is 13.9. The van der Waals surface area contributed by atoms with E-state index in [0.29, 0.717) is 0 Å². The van der Waals surface area contributed by atoms with E-state index in [9.17, 15) is 14.4 Å². The van der Waals surface area contributed by atoms with Crippen molar-refractivity contribution in [1.29, 1.82) is 0 Å². The average molecular weight is 232 g/mol. The summed E-state index contributed by atoms with van der Waals surface area (Å²) in [6, 6.07) is -1.45. The van der Waals surface area contributed by atoms with E-state index in [1.165, 1.54) is 6.92 Å². The number of carbonyl (C=O) groups excluding carboxylic acids is 1. The van der Waals surface area contributed by atoms with E-state index >= 15 is 0 Å². The van der Waals surface area contributed by atoms with Crippen molar-refractivity contribution in [2.45, 2.75) is 38.3 Å². The zero-order valence-electron chi connectivity index (χ0n) is 8.97. The molecule has 0 saturated heterocycles. The fourth-order valence-corrected chi connectivity index (χ4v) is 1.07. The van der Waals surface area contributed by atoms with Gasteiger partial charge in [0.25, 0.3) is 0 Å². The summed E-state index contributed by atoms with van der Waals surface area (Å²) in [6.45, 7) is 1.54. The van der Waals surface area contributed by atoms with Gasteiger partial charge in [-0.1, -0.05) is 0 Å². The van der Waals surface area contributed by atoms with Gasteiger partial charge in [0, 0.05) is 12.5 Å². The van der Waals surface area contributed by atoms with Crippen molar-refractivity contribution in [2.24, 2.45) is 5.73 Å². The summed E-state index contributed by atoms with van der Waals surface area (Å²) in [7, 11) is 0. The van der Waals surface area contributed by atoms with Gasteiger partial charge in [-0.2, -0.15) is 0 Å². The maximum atomic E-state index is 11.3. The highest BCUT2D eigenvalue weighted by Crippen LogP contribution is 1.97. The Morgan fingerprint density at radius 3 is 2.25 bits per heavy atom. The van der Waals surface area contributed by atoms with Crippen LogP contribution in [0.2, 0.25) is 0 Å². The predicted octanol–water partition coefficient (Wildman–Crippen LogP) is -0.842. The summed E-state index contributed by atoms with van der Waals surface area (Å²) < 4.78 is 0. The summed E-state index contributed by atoms with van der Waals surface area (Å²) in [5, 5.41) is 19.2. The number of carboxylic acids is 2. The molecule has 0 aromatic heterocycles. The van der Waals surface area contributed by atoms with E-state index in [1.54, 1.807) is 0 Å². The third-order valence-corrected chi connectivity index (χ3v) is 1.88. The van der Waals surface area contributed by atoms with Crippen LogP contribution in [-0.2, 0) is 14.4 Å². The molecule has 1 unspecified atom stereocenters. The van der Waals surface area contributed by atoms with Gasteiger partial charge in [-0.25, -0.2) is 0 Å². The topological polar surface area (TPSA) is 130 Å². The fraction of sp³-hybridized carbons (Fsp3) is 0.667. The Kier molecular flexibility index (Phi) is 6.09. The van der Waals surface area contributed by atoms with E-state index in [-0.39, 0.29) is 19.3 Å². The van der Waals surface area contributed by atoms with Crippen molar-refractivity contribution < 1.29 is 24.6 Å². The molecule has 7 heteroatoms. The Bertz CT molecular complexity index is 279. The standard InChI is InChI=1S/C9H16N2O5/c1-5(4-8(14)15)11-9(16)6(10)2-3-7(12)13/h5-6H,2-4,10H2,1H3,(H,11,16)(H,12,13)(H,14,15)/t5-,6?/m0/s1. The zero-order chi connectivity index (χ0) is 12.7. The first kappa shape index (κ1) is 14.4. The molecular formula is C9H16N2O5. The van der Waals surface area contributed by atoms with Gasteiger partial charge in [0.15, 0.2) is 0 Å². The highest BCUT2D eigenvalue weighted by Gasteiger charge is 2.17. The molecule has 5 N–H and O–H groups in total. The molecule has 1 amide bonds. The molecule has 0 aliphatic heterocycles. The van der Waals surface area contributed by atoms with Gasteiger partial charge < -0.3 is 21.3 Å². The number of nitrogens with one attached hydrogen (secondary N) is 1. The van der Waals surface area contributed by atoms with Gasteiger partial charge in [-0.15, -0.1) is 0 Å². The smallest absolute Gasteiger partial charge is 0.305 e. The third kappa shape index (κ3) is 6.77. The van der Waals surface area contributed by atoms with E-state index < -0.39 is 29.9 Å². The van der Waals surface area contributed by atoms with Crippen molar-refractivity contribution in [1.82, 2.24) is 5.32 Å². The van der Waals surface area contributed by atoms with Crippen LogP contribution in [0.4, 0.5) is 0 Å². The van der Waals surface area contributed by atoms with Crippen LogP contribution in [0.15, 0.2) is 0 Å². The summed E-state index contributed by atoms with van der Waals surface area (Å²) in [5.41, 5.74) is 5.42. The summed E-state index contributed by atoms with van der Waals surface area (Å²) in [6.07, 6.45) is -0.361. The fourth-order valence-electron chi connectivity index (χ4n) is 1.07. The molecule has 0 aromatic rings. The van der Waals surface area contributed by atoms with Gasteiger partial charge in [0.1, 0.15) is 0 Å². The van der Waals surface area contributed by atoms with Crippen LogP contribution >= 0.6 is 0 Å². The number of nitrogens with two attached hydrogens (primary N) is 1. The SMILES string of the molecule is C[C@@H](CC(=O)O)NC(=O)C(N)CCC(=O)O. The number of rotatable bonds is 7. The molecule has 7 nitrogen and oxygen atoms in total. The van der Waals surface area contributed by atoms with Crippen molar-refractivity contribution in [3.63, 3.8) is 0 Å². The zero-order valence-corrected chi connectivity index (χ0v) is 8.97. The van der Waals surface area contributed by atoms with Crippen molar-refractivity contribution in [3.8, 4) is 0 Å². The Morgan fingerprint density at radius 1 is 1.25 bits per heavy atom. The second kappa shape index (κ2) is 6.78. The lowest BCUT2D eigenvalue weighted by Crippen LogP contribution is -2.45. The van der Waals surface area contributed by atoms with Crippen LogP contribution in [0.1, 0.15) is 26.2 Å². The molecule has 0 aromatic carbocycles. The Labute approximate surface area is 92.6 Å². The average Bonchev–Trinajstić information content (AvgIpc) is 2.12. The van der Waals surface area contributed by atoms with Crippen LogP contribution in [-0.4, -0.2) is 40.1 Å². The maximum absolute atomic E-state index is 11.3. The number of hydrogen-bond acceptors (Lipinski definition) is 4. The maximum Gasteiger partial charge on any atom is 0.305 e. The summed E-state index contributed by atoms with van der Waals surface area (Å²) in [5.74, 6) is -2.58. The first-order chi connectivity index (χ1) is 7.32. The molecule has 0 rings (SSSR count). The minimum Gasteiger partial charge on any atom is -0.481 e. The minimum atomic E-state index is -1.03. The van der Waals surface area contributed by atoms with Crippen LogP contribution in [0.5, 0.6) is 0 Å². The number of carboxylic acid groups (broad SMARTS) is 2. The lowest BCUT2D eigenvalue weighted by Gasteiger charge is -2.15. The quantitative estimate of drug-likeness (QED) is 0.452.